The zero-order valence-electron chi connectivity index (χ0n) is 10.6. The first kappa shape index (κ1) is 12.7. The molecule has 2 aromatic heterocycles. The number of aromatic hydroxyl groups is 1. The predicted molar refractivity (Wildman–Crippen MR) is 74.4 cm³/mol. The molecule has 7 heteroatoms. The van der Waals surface area contributed by atoms with Crippen LogP contribution in [0.3, 0.4) is 0 Å². The number of nitrogens with zero attached hydrogens (tertiary/aromatic N) is 4. The van der Waals surface area contributed by atoms with Gasteiger partial charge in [-0.15, -0.1) is 11.6 Å². The van der Waals surface area contributed by atoms with Crippen molar-refractivity contribution in [1.82, 2.24) is 19.7 Å². The summed E-state index contributed by atoms with van der Waals surface area (Å²) in [5.41, 5.74) is 1.21. The number of hydrogen-bond donors (Lipinski definition) is 1. The van der Waals surface area contributed by atoms with Gasteiger partial charge in [-0.25, -0.2) is 9.67 Å². The number of aromatic nitrogens is 4. The van der Waals surface area contributed by atoms with Gasteiger partial charge < -0.3 is 9.84 Å². The molecule has 1 N–H and O–H groups in total. The Morgan fingerprint density at radius 3 is 2.85 bits per heavy atom. The summed E-state index contributed by atoms with van der Waals surface area (Å²) in [6.07, 6.45) is 1.51. The first-order chi connectivity index (χ1) is 9.74. The average molecular weight is 291 g/mol. The number of methoxy groups -OCH3 is 1. The largest absolute Gasteiger partial charge is 0.494 e. The smallest absolute Gasteiger partial charge is 0.225 e. The lowest BCUT2D eigenvalue weighted by Gasteiger charge is -2.08. The van der Waals surface area contributed by atoms with Gasteiger partial charge in [0.1, 0.15) is 22.6 Å². The minimum Gasteiger partial charge on any atom is -0.494 e. The highest BCUT2D eigenvalue weighted by Gasteiger charge is 2.15. The second-order valence-electron chi connectivity index (χ2n) is 4.06. The molecule has 0 radical (unpaired) electrons. The van der Waals surface area contributed by atoms with Crippen LogP contribution in [0.2, 0.25) is 0 Å². The van der Waals surface area contributed by atoms with Gasteiger partial charge in [0, 0.05) is 0 Å². The molecule has 0 aliphatic rings. The molecule has 0 saturated carbocycles. The Bertz CT molecular complexity index is 772. The number of ether oxygens (including phenoxy) is 1. The van der Waals surface area contributed by atoms with Crippen LogP contribution in [-0.2, 0) is 5.88 Å². The van der Waals surface area contributed by atoms with E-state index in [1.807, 2.05) is 24.3 Å². The molecule has 0 atom stereocenters. The number of para-hydroxylation sites is 2. The van der Waals surface area contributed by atoms with Gasteiger partial charge in [-0.3, -0.25) is 0 Å². The summed E-state index contributed by atoms with van der Waals surface area (Å²) in [5, 5.41) is 14.6. The molecule has 102 valence electrons. The first-order valence-electron chi connectivity index (χ1n) is 5.87. The van der Waals surface area contributed by atoms with E-state index >= 15 is 0 Å². The zero-order chi connectivity index (χ0) is 14.1. The van der Waals surface area contributed by atoms with Crippen LogP contribution < -0.4 is 4.74 Å². The Hall–Kier alpha value is -2.34. The zero-order valence-corrected chi connectivity index (χ0v) is 11.4. The summed E-state index contributed by atoms with van der Waals surface area (Å²) in [6.45, 7) is 0. The summed E-state index contributed by atoms with van der Waals surface area (Å²) in [4.78, 5) is 8.21. The Labute approximate surface area is 119 Å². The molecular formula is C13H11ClN4O2. The fourth-order valence-electron chi connectivity index (χ4n) is 1.98. The van der Waals surface area contributed by atoms with Gasteiger partial charge >= 0.3 is 0 Å². The topological polar surface area (TPSA) is 73.1 Å². The van der Waals surface area contributed by atoms with Crippen LogP contribution in [0.15, 0.2) is 30.5 Å². The van der Waals surface area contributed by atoms with E-state index in [4.69, 9.17) is 16.3 Å². The van der Waals surface area contributed by atoms with E-state index in [0.717, 1.165) is 5.69 Å². The van der Waals surface area contributed by atoms with E-state index in [2.05, 4.69) is 15.1 Å². The number of rotatable bonds is 3. The molecule has 0 aliphatic heterocycles. The second kappa shape index (κ2) is 4.97. The van der Waals surface area contributed by atoms with Crippen LogP contribution >= 0.6 is 11.6 Å². The SMILES string of the molecule is COc1ccccc1-n1ncc2c(O)nc(CCl)nc21. The normalized spacial score (nSPS) is 10.9. The Morgan fingerprint density at radius 1 is 1.30 bits per heavy atom. The van der Waals surface area contributed by atoms with Crippen molar-refractivity contribution >= 4 is 22.6 Å². The van der Waals surface area contributed by atoms with Gasteiger partial charge in [-0.2, -0.15) is 10.1 Å². The molecule has 3 rings (SSSR count). The van der Waals surface area contributed by atoms with Gasteiger partial charge in [0.25, 0.3) is 0 Å². The molecule has 20 heavy (non-hydrogen) atoms. The quantitative estimate of drug-likeness (QED) is 0.749. The molecule has 0 spiro atoms. The molecular weight excluding hydrogens is 280 g/mol. The minimum absolute atomic E-state index is 0.112. The molecule has 6 nitrogen and oxygen atoms in total. The van der Waals surface area contributed by atoms with E-state index in [1.165, 1.54) is 6.20 Å². The Kier molecular flexibility index (Phi) is 3.15. The number of hydrogen-bond acceptors (Lipinski definition) is 5. The molecule has 0 fully saturated rings. The third-order valence-corrected chi connectivity index (χ3v) is 3.13. The molecule has 1 aromatic carbocycles. The van der Waals surface area contributed by atoms with Crippen molar-refractivity contribution < 1.29 is 9.84 Å². The predicted octanol–water partition coefficient (Wildman–Crippen LogP) is 2.27. The van der Waals surface area contributed by atoms with Crippen LogP contribution in [0.5, 0.6) is 11.6 Å². The van der Waals surface area contributed by atoms with E-state index in [-0.39, 0.29) is 11.8 Å². The van der Waals surface area contributed by atoms with Gasteiger partial charge in [0.2, 0.25) is 5.88 Å². The molecule has 0 saturated heterocycles. The third kappa shape index (κ3) is 1.94. The van der Waals surface area contributed by atoms with Gasteiger partial charge in [-0.05, 0) is 12.1 Å². The first-order valence-corrected chi connectivity index (χ1v) is 6.41. The second-order valence-corrected chi connectivity index (χ2v) is 4.33. The summed E-state index contributed by atoms with van der Waals surface area (Å²) in [7, 11) is 1.58. The molecule has 0 bridgehead atoms. The number of alkyl halides is 1. The standard InChI is InChI=1S/C13H11ClN4O2/c1-20-10-5-3-2-4-9(10)18-12-8(7-15-18)13(19)17-11(6-14)16-12/h2-5,7H,6H2,1H3,(H,16,17,19). The third-order valence-electron chi connectivity index (χ3n) is 2.89. The average Bonchev–Trinajstić information content (AvgIpc) is 2.91. The van der Waals surface area contributed by atoms with Gasteiger partial charge in [0.05, 0.1) is 19.2 Å². The van der Waals surface area contributed by atoms with Crippen LogP contribution in [0.4, 0.5) is 0 Å². The Morgan fingerprint density at radius 2 is 2.10 bits per heavy atom. The maximum atomic E-state index is 9.88. The maximum absolute atomic E-state index is 9.88. The van der Waals surface area contributed by atoms with Crippen molar-refractivity contribution in [1.29, 1.82) is 0 Å². The van der Waals surface area contributed by atoms with Crippen LogP contribution in [-0.4, -0.2) is 32.0 Å². The number of fused-ring (bicyclic) bond motifs is 1. The number of halogens is 1. The fraction of sp³-hybridized carbons (Fsp3) is 0.154. The molecule has 0 amide bonds. The van der Waals surface area contributed by atoms with Crippen molar-refractivity contribution in [3.63, 3.8) is 0 Å². The molecule has 0 aliphatic carbocycles. The molecule has 2 heterocycles. The monoisotopic (exact) mass is 290 g/mol. The van der Waals surface area contributed by atoms with Crippen molar-refractivity contribution in [3.05, 3.63) is 36.3 Å². The van der Waals surface area contributed by atoms with Crippen molar-refractivity contribution in [2.45, 2.75) is 5.88 Å². The van der Waals surface area contributed by atoms with E-state index in [9.17, 15) is 5.11 Å². The molecule has 3 aromatic rings. The Balaban J connectivity index is 2.29. The van der Waals surface area contributed by atoms with Gasteiger partial charge in [0.15, 0.2) is 5.65 Å². The lowest BCUT2D eigenvalue weighted by Crippen LogP contribution is -2.02. The van der Waals surface area contributed by atoms with E-state index < -0.39 is 0 Å². The highest BCUT2D eigenvalue weighted by atomic mass is 35.5. The van der Waals surface area contributed by atoms with Crippen LogP contribution in [0.1, 0.15) is 5.82 Å². The summed E-state index contributed by atoms with van der Waals surface area (Å²) in [5.74, 6) is 0.976. The summed E-state index contributed by atoms with van der Waals surface area (Å²) < 4.78 is 6.90. The molecule has 0 unspecified atom stereocenters. The van der Waals surface area contributed by atoms with Crippen molar-refractivity contribution in [2.75, 3.05) is 7.11 Å². The van der Waals surface area contributed by atoms with Crippen molar-refractivity contribution in [3.8, 4) is 17.3 Å². The van der Waals surface area contributed by atoms with Gasteiger partial charge in [-0.1, -0.05) is 12.1 Å². The highest BCUT2D eigenvalue weighted by Crippen LogP contribution is 2.27. The van der Waals surface area contributed by atoms with E-state index in [0.29, 0.717) is 22.6 Å². The fourth-order valence-corrected chi connectivity index (χ4v) is 2.10. The van der Waals surface area contributed by atoms with E-state index in [1.54, 1.807) is 11.8 Å². The minimum atomic E-state index is -0.133. The van der Waals surface area contributed by atoms with Crippen molar-refractivity contribution in [2.24, 2.45) is 0 Å². The lowest BCUT2D eigenvalue weighted by molar-refractivity contribution is 0.412. The van der Waals surface area contributed by atoms with Crippen LogP contribution in [0, 0.1) is 0 Å². The highest BCUT2D eigenvalue weighted by molar-refractivity contribution is 6.16. The van der Waals surface area contributed by atoms with Crippen LogP contribution in [0.25, 0.3) is 16.7 Å². The maximum Gasteiger partial charge on any atom is 0.225 e. The summed E-state index contributed by atoms with van der Waals surface area (Å²) in [6, 6.07) is 7.41. The number of benzene rings is 1. The lowest BCUT2D eigenvalue weighted by atomic mass is 10.3. The summed E-state index contributed by atoms with van der Waals surface area (Å²) >= 11 is 5.73.